The Bertz CT molecular complexity index is 581. The number of sulfonamides is 1. The zero-order valence-corrected chi connectivity index (χ0v) is 11.8. The van der Waals surface area contributed by atoms with Crippen LogP contribution in [0.25, 0.3) is 0 Å². The van der Waals surface area contributed by atoms with Crippen LogP contribution in [0, 0.1) is 6.92 Å². The van der Waals surface area contributed by atoms with Crippen molar-refractivity contribution in [3.8, 4) is 0 Å². The maximum atomic E-state index is 12.1. The second-order valence-electron chi connectivity index (χ2n) is 4.40. The van der Waals surface area contributed by atoms with Gasteiger partial charge in [-0.3, -0.25) is 4.79 Å². The summed E-state index contributed by atoms with van der Waals surface area (Å²) in [5, 5.41) is 9.23. The molecule has 18 heavy (non-hydrogen) atoms. The molecule has 0 bridgehead atoms. The number of carboxylic acids is 1. The fourth-order valence-corrected chi connectivity index (χ4v) is 3.18. The van der Waals surface area contributed by atoms with Gasteiger partial charge in [-0.2, -0.15) is 4.72 Å². The van der Waals surface area contributed by atoms with Crippen LogP contribution in [0.1, 0.15) is 19.4 Å². The number of hydrogen-bond donors (Lipinski definition) is 2. The minimum atomic E-state index is -3.93. The van der Waals surface area contributed by atoms with Crippen molar-refractivity contribution < 1.29 is 18.3 Å². The fraction of sp³-hybridized carbons (Fsp3) is 0.364. The highest BCUT2D eigenvalue weighted by molar-refractivity contribution is 7.89. The molecule has 1 aromatic carbocycles. The standard InChI is InChI=1S/C11H14ClNO4S/c1-7-8(12)5-4-6-9(7)18(16,17)13-11(2,3)10(14)15/h4-6,13H,1-3H3,(H,14,15). The molecule has 0 atom stereocenters. The minimum Gasteiger partial charge on any atom is -0.480 e. The second-order valence-corrected chi connectivity index (χ2v) is 6.46. The average Bonchev–Trinajstić information content (AvgIpc) is 2.20. The first-order valence-corrected chi connectivity index (χ1v) is 6.96. The van der Waals surface area contributed by atoms with E-state index in [1.165, 1.54) is 26.0 Å². The van der Waals surface area contributed by atoms with Crippen molar-refractivity contribution in [2.24, 2.45) is 0 Å². The zero-order valence-electron chi connectivity index (χ0n) is 10.2. The van der Waals surface area contributed by atoms with Crippen molar-refractivity contribution in [3.63, 3.8) is 0 Å². The first-order valence-electron chi connectivity index (χ1n) is 5.10. The molecule has 0 aromatic heterocycles. The van der Waals surface area contributed by atoms with E-state index in [0.717, 1.165) is 0 Å². The quantitative estimate of drug-likeness (QED) is 0.886. The summed E-state index contributed by atoms with van der Waals surface area (Å²) in [6.07, 6.45) is 0. The molecule has 1 rings (SSSR count). The monoisotopic (exact) mass is 291 g/mol. The van der Waals surface area contributed by atoms with E-state index in [1.807, 2.05) is 0 Å². The maximum absolute atomic E-state index is 12.1. The van der Waals surface area contributed by atoms with Crippen molar-refractivity contribution in [1.29, 1.82) is 0 Å². The zero-order chi connectivity index (χ0) is 14.1. The Kier molecular flexibility index (Phi) is 4.05. The lowest BCUT2D eigenvalue weighted by molar-refractivity contribution is -0.142. The van der Waals surface area contributed by atoms with Crippen molar-refractivity contribution in [3.05, 3.63) is 28.8 Å². The van der Waals surface area contributed by atoms with Crippen LogP contribution in [-0.4, -0.2) is 25.0 Å². The molecule has 7 heteroatoms. The van der Waals surface area contributed by atoms with Gasteiger partial charge in [0.25, 0.3) is 0 Å². The molecule has 100 valence electrons. The number of hydrogen-bond acceptors (Lipinski definition) is 3. The van der Waals surface area contributed by atoms with Crippen LogP contribution in [0.4, 0.5) is 0 Å². The van der Waals surface area contributed by atoms with Gasteiger partial charge in [0, 0.05) is 5.02 Å². The minimum absolute atomic E-state index is 0.0238. The van der Waals surface area contributed by atoms with Gasteiger partial charge in [0.2, 0.25) is 10.0 Å². The molecule has 5 nitrogen and oxygen atoms in total. The number of halogens is 1. The Labute approximate surface area is 111 Å². The van der Waals surface area contributed by atoms with Crippen molar-refractivity contribution in [2.75, 3.05) is 0 Å². The van der Waals surface area contributed by atoms with Gasteiger partial charge >= 0.3 is 5.97 Å². The van der Waals surface area contributed by atoms with E-state index in [-0.39, 0.29) is 4.90 Å². The van der Waals surface area contributed by atoms with E-state index >= 15 is 0 Å². The van der Waals surface area contributed by atoms with E-state index in [9.17, 15) is 13.2 Å². The van der Waals surface area contributed by atoms with Crippen LogP contribution < -0.4 is 4.72 Å². The molecule has 0 radical (unpaired) electrons. The highest BCUT2D eigenvalue weighted by Gasteiger charge is 2.33. The van der Waals surface area contributed by atoms with E-state index < -0.39 is 21.5 Å². The topological polar surface area (TPSA) is 83.5 Å². The maximum Gasteiger partial charge on any atom is 0.324 e. The Morgan fingerprint density at radius 1 is 1.39 bits per heavy atom. The normalized spacial score (nSPS) is 12.4. The van der Waals surface area contributed by atoms with Gasteiger partial charge in [0.15, 0.2) is 0 Å². The smallest absolute Gasteiger partial charge is 0.324 e. The van der Waals surface area contributed by atoms with Gasteiger partial charge in [-0.05, 0) is 38.5 Å². The van der Waals surface area contributed by atoms with Crippen LogP contribution in [0.2, 0.25) is 5.02 Å². The Balaban J connectivity index is 3.24. The molecule has 1 aromatic rings. The Morgan fingerprint density at radius 3 is 2.44 bits per heavy atom. The lowest BCUT2D eigenvalue weighted by Gasteiger charge is -2.21. The van der Waals surface area contributed by atoms with Crippen molar-refractivity contribution in [2.45, 2.75) is 31.2 Å². The third-order valence-corrected chi connectivity index (χ3v) is 4.64. The van der Waals surface area contributed by atoms with Gasteiger partial charge in [-0.1, -0.05) is 17.7 Å². The lowest BCUT2D eigenvalue weighted by Crippen LogP contribution is -2.49. The SMILES string of the molecule is Cc1c(Cl)cccc1S(=O)(=O)NC(C)(C)C(=O)O. The van der Waals surface area contributed by atoms with E-state index in [2.05, 4.69) is 4.72 Å². The van der Waals surface area contributed by atoms with Crippen LogP contribution >= 0.6 is 11.6 Å². The molecule has 0 spiro atoms. The molecule has 0 saturated heterocycles. The molecule has 0 saturated carbocycles. The Morgan fingerprint density at radius 2 is 1.94 bits per heavy atom. The van der Waals surface area contributed by atoms with Crippen LogP contribution in [-0.2, 0) is 14.8 Å². The van der Waals surface area contributed by atoms with E-state index in [4.69, 9.17) is 16.7 Å². The van der Waals surface area contributed by atoms with E-state index in [0.29, 0.717) is 10.6 Å². The largest absolute Gasteiger partial charge is 0.480 e. The second kappa shape index (κ2) is 4.87. The van der Waals surface area contributed by atoms with Crippen molar-refractivity contribution in [1.82, 2.24) is 4.72 Å². The molecule has 0 amide bonds. The van der Waals surface area contributed by atoms with E-state index in [1.54, 1.807) is 13.0 Å². The van der Waals surface area contributed by atoms with Gasteiger partial charge < -0.3 is 5.11 Å². The van der Waals surface area contributed by atoms with Crippen LogP contribution in [0.15, 0.2) is 23.1 Å². The molecule has 2 N–H and O–H groups in total. The van der Waals surface area contributed by atoms with Crippen LogP contribution in [0.5, 0.6) is 0 Å². The van der Waals surface area contributed by atoms with Gasteiger partial charge in [-0.25, -0.2) is 8.42 Å². The summed E-state index contributed by atoms with van der Waals surface area (Å²) in [5.74, 6) is -1.26. The van der Waals surface area contributed by atoms with Gasteiger partial charge in [-0.15, -0.1) is 0 Å². The average molecular weight is 292 g/mol. The molecule has 0 fully saturated rings. The third-order valence-electron chi connectivity index (χ3n) is 2.43. The molecular formula is C11H14ClNO4S. The third kappa shape index (κ3) is 3.01. The molecule has 0 unspecified atom stereocenters. The molecule has 0 aliphatic rings. The fourth-order valence-electron chi connectivity index (χ4n) is 1.31. The lowest BCUT2D eigenvalue weighted by atomic mass is 10.1. The number of nitrogens with one attached hydrogen (secondary N) is 1. The van der Waals surface area contributed by atoms with Gasteiger partial charge in [0.1, 0.15) is 5.54 Å². The summed E-state index contributed by atoms with van der Waals surface area (Å²) in [7, 11) is -3.93. The molecule has 0 aliphatic heterocycles. The van der Waals surface area contributed by atoms with Gasteiger partial charge in [0.05, 0.1) is 4.90 Å². The highest BCUT2D eigenvalue weighted by atomic mass is 35.5. The highest BCUT2D eigenvalue weighted by Crippen LogP contribution is 2.23. The predicted octanol–water partition coefficient (Wildman–Crippen LogP) is 1.79. The summed E-state index contributed by atoms with van der Waals surface area (Å²) in [5.41, 5.74) is -1.21. The number of carboxylic acid groups (broad SMARTS) is 1. The summed E-state index contributed by atoms with van der Waals surface area (Å²) in [6, 6.07) is 4.44. The molecule has 0 heterocycles. The summed E-state index contributed by atoms with van der Waals surface area (Å²) in [6.45, 7) is 4.10. The first-order chi connectivity index (χ1) is 8.08. The summed E-state index contributed by atoms with van der Waals surface area (Å²) < 4.78 is 26.3. The molecular weight excluding hydrogens is 278 g/mol. The predicted molar refractivity (Wildman–Crippen MR) is 68.2 cm³/mol. The number of carbonyl (C=O) groups is 1. The summed E-state index contributed by atoms with van der Waals surface area (Å²) >= 11 is 5.85. The Hall–Kier alpha value is -1.11. The number of aliphatic carboxylic acids is 1. The first kappa shape index (κ1) is 14.9. The number of rotatable bonds is 4. The molecule has 0 aliphatic carbocycles. The van der Waals surface area contributed by atoms with Crippen molar-refractivity contribution >= 4 is 27.6 Å². The number of benzene rings is 1. The van der Waals surface area contributed by atoms with Crippen LogP contribution in [0.3, 0.4) is 0 Å². The summed E-state index contributed by atoms with van der Waals surface area (Å²) in [4.78, 5) is 10.9.